The van der Waals surface area contributed by atoms with Crippen LogP contribution in [0, 0.1) is 0 Å². The van der Waals surface area contributed by atoms with Gasteiger partial charge in [0.25, 0.3) is 0 Å². The van der Waals surface area contributed by atoms with Gasteiger partial charge in [-0.15, -0.1) is 0 Å². The first-order valence-corrected chi connectivity index (χ1v) is 8.74. The number of sulfone groups is 1. The monoisotopic (exact) mass is 324 g/mol. The molecule has 0 spiro atoms. The molecule has 0 radical (unpaired) electrons. The molecular weight excluding hydrogens is 312 g/mol. The fourth-order valence-corrected chi connectivity index (χ4v) is 2.82. The second-order valence-corrected chi connectivity index (χ2v) is 7.10. The number of hydrogen-bond donors (Lipinski definition) is 0. The quantitative estimate of drug-likeness (QED) is 0.622. The Bertz CT molecular complexity index is 743. The van der Waals surface area contributed by atoms with E-state index in [2.05, 4.69) is 0 Å². The molecule has 0 N–H and O–H groups in total. The number of rotatable bonds is 5. The molecule has 1 aromatic carbocycles. The summed E-state index contributed by atoms with van der Waals surface area (Å²) >= 11 is 1.36. The molecule has 7 heteroatoms. The van der Waals surface area contributed by atoms with Crippen LogP contribution in [-0.4, -0.2) is 33.0 Å². The van der Waals surface area contributed by atoms with E-state index < -0.39 is 21.6 Å². The first-order valence-electron chi connectivity index (χ1n) is 5.90. The van der Waals surface area contributed by atoms with E-state index in [1.54, 1.807) is 16.8 Å². The fraction of sp³-hybridized carbons (Fsp3) is 0.143. The van der Waals surface area contributed by atoms with Gasteiger partial charge in [0.2, 0.25) is 0 Å². The average molecular weight is 324 g/mol. The molecule has 0 fully saturated rings. The SMILES string of the molecule is CS(=O)(=O)c1ccc(C(=O)COC(=O)c2ccsc2)cc1. The molecular formula is C14H12O5S2. The Morgan fingerprint density at radius 1 is 1.10 bits per heavy atom. The number of esters is 1. The highest BCUT2D eigenvalue weighted by molar-refractivity contribution is 7.90. The van der Waals surface area contributed by atoms with E-state index in [1.165, 1.54) is 35.6 Å². The number of ether oxygens (including phenoxy) is 1. The van der Waals surface area contributed by atoms with Crippen LogP contribution in [0.3, 0.4) is 0 Å². The van der Waals surface area contributed by atoms with Gasteiger partial charge in [0.05, 0.1) is 10.5 Å². The Balaban J connectivity index is 1.99. The second kappa shape index (κ2) is 6.19. The molecule has 0 aliphatic heterocycles. The summed E-state index contributed by atoms with van der Waals surface area (Å²) in [7, 11) is -3.30. The maximum atomic E-state index is 11.9. The van der Waals surface area contributed by atoms with Gasteiger partial charge in [0, 0.05) is 17.2 Å². The van der Waals surface area contributed by atoms with Gasteiger partial charge in [-0.3, -0.25) is 4.79 Å². The van der Waals surface area contributed by atoms with Crippen LogP contribution in [-0.2, 0) is 14.6 Å². The van der Waals surface area contributed by atoms with Crippen LogP contribution in [0.25, 0.3) is 0 Å². The lowest BCUT2D eigenvalue weighted by Crippen LogP contribution is -2.14. The third-order valence-electron chi connectivity index (χ3n) is 2.70. The highest BCUT2D eigenvalue weighted by Crippen LogP contribution is 2.12. The molecule has 5 nitrogen and oxygen atoms in total. The van der Waals surface area contributed by atoms with Gasteiger partial charge in [-0.05, 0) is 35.7 Å². The maximum absolute atomic E-state index is 11.9. The van der Waals surface area contributed by atoms with Crippen LogP contribution in [0.5, 0.6) is 0 Å². The topological polar surface area (TPSA) is 77.5 Å². The van der Waals surface area contributed by atoms with Gasteiger partial charge in [-0.1, -0.05) is 0 Å². The zero-order valence-electron chi connectivity index (χ0n) is 11.1. The van der Waals surface area contributed by atoms with E-state index in [-0.39, 0.29) is 11.5 Å². The number of carbonyl (C=O) groups excluding carboxylic acids is 2. The standard InChI is InChI=1S/C14H12O5S2/c1-21(17,18)12-4-2-10(3-5-12)13(15)8-19-14(16)11-6-7-20-9-11/h2-7,9H,8H2,1H3. The highest BCUT2D eigenvalue weighted by atomic mass is 32.2. The molecule has 0 amide bonds. The van der Waals surface area contributed by atoms with Gasteiger partial charge in [0.15, 0.2) is 22.2 Å². The van der Waals surface area contributed by atoms with E-state index in [9.17, 15) is 18.0 Å². The summed E-state index contributed by atoms with van der Waals surface area (Å²) in [6.45, 7) is -0.382. The smallest absolute Gasteiger partial charge is 0.339 e. The van der Waals surface area contributed by atoms with Crippen molar-refractivity contribution in [1.29, 1.82) is 0 Å². The first kappa shape index (κ1) is 15.4. The second-order valence-electron chi connectivity index (χ2n) is 4.31. The molecule has 21 heavy (non-hydrogen) atoms. The highest BCUT2D eigenvalue weighted by Gasteiger charge is 2.13. The number of Topliss-reactive ketones (excluding diaryl/α,β-unsaturated/α-hetero) is 1. The molecule has 110 valence electrons. The van der Waals surface area contributed by atoms with Crippen molar-refractivity contribution in [3.63, 3.8) is 0 Å². The molecule has 2 rings (SSSR count). The predicted molar refractivity (Wildman–Crippen MR) is 78.5 cm³/mol. The predicted octanol–water partition coefficient (Wildman–Crippen LogP) is 2.19. The van der Waals surface area contributed by atoms with Crippen molar-refractivity contribution in [2.24, 2.45) is 0 Å². The molecule has 0 aliphatic carbocycles. The molecule has 2 aromatic rings. The zero-order valence-corrected chi connectivity index (χ0v) is 12.7. The maximum Gasteiger partial charge on any atom is 0.339 e. The van der Waals surface area contributed by atoms with Crippen LogP contribution in [0.15, 0.2) is 46.0 Å². The normalized spacial score (nSPS) is 11.1. The van der Waals surface area contributed by atoms with Gasteiger partial charge in [-0.25, -0.2) is 13.2 Å². The van der Waals surface area contributed by atoms with Crippen LogP contribution < -0.4 is 0 Å². The molecule has 0 saturated carbocycles. The van der Waals surface area contributed by atoms with Crippen molar-refractivity contribution in [3.05, 3.63) is 52.2 Å². The lowest BCUT2D eigenvalue weighted by molar-refractivity contribution is 0.0475. The largest absolute Gasteiger partial charge is 0.454 e. The van der Waals surface area contributed by atoms with E-state index in [0.29, 0.717) is 11.1 Å². The Morgan fingerprint density at radius 3 is 2.29 bits per heavy atom. The summed E-state index contributed by atoms with van der Waals surface area (Å²) in [6, 6.07) is 7.11. The molecule has 0 unspecified atom stereocenters. The molecule has 0 bridgehead atoms. The minimum atomic E-state index is -3.30. The van der Waals surface area contributed by atoms with Crippen LogP contribution >= 0.6 is 11.3 Å². The number of carbonyl (C=O) groups is 2. The lowest BCUT2D eigenvalue weighted by Gasteiger charge is -2.04. The van der Waals surface area contributed by atoms with E-state index >= 15 is 0 Å². The Morgan fingerprint density at radius 2 is 1.76 bits per heavy atom. The van der Waals surface area contributed by atoms with E-state index in [1.807, 2.05) is 0 Å². The van der Waals surface area contributed by atoms with Crippen LogP contribution in [0.1, 0.15) is 20.7 Å². The molecule has 1 heterocycles. The van der Waals surface area contributed by atoms with Gasteiger partial charge < -0.3 is 4.74 Å². The van der Waals surface area contributed by atoms with Gasteiger partial charge in [-0.2, -0.15) is 11.3 Å². The minimum Gasteiger partial charge on any atom is -0.454 e. The molecule has 0 aliphatic rings. The number of benzene rings is 1. The third kappa shape index (κ3) is 3.99. The zero-order chi connectivity index (χ0) is 15.5. The average Bonchev–Trinajstić information content (AvgIpc) is 2.98. The van der Waals surface area contributed by atoms with Crippen molar-refractivity contribution in [2.75, 3.05) is 12.9 Å². The summed E-state index contributed by atoms with van der Waals surface area (Å²) in [5.74, 6) is -0.948. The fourth-order valence-electron chi connectivity index (χ4n) is 1.57. The molecule has 0 atom stereocenters. The summed E-state index contributed by atoms with van der Waals surface area (Å²) in [5.41, 5.74) is 0.695. The molecule has 0 saturated heterocycles. The number of ketones is 1. The van der Waals surface area contributed by atoms with E-state index in [4.69, 9.17) is 4.74 Å². The van der Waals surface area contributed by atoms with Crippen molar-refractivity contribution in [1.82, 2.24) is 0 Å². The Hall–Kier alpha value is -1.99. The van der Waals surface area contributed by atoms with Crippen LogP contribution in [0.4, 0.5) is 0 Å². The third-order valence-corrected chi connectivity index (χ3v) is 4.51. The summed E-state index contributed by atoms with van der Waals surface area (Å²) in [6.07, 6.45) is 1.09. The number of thiophene rings is 1. The summed E-state index contributed by atoms with van der Waals surface area (Å²) in [4.78, 5) is 23.6. The molecule has 1 aromatic heterocycles. The number of hydrogen-bond acceptors (Lipinski definition) is 6. The van der Waals surface area contributed by atoms with E-state index in [0.717, 1.165) is 6.26 Å². The first-order chi connectivity index (χ1) is 9.88. The summed E-state index contributed by atoms with van der Waals surface area (Å²) < 4.78 is 27.5. The summed E-state index contributed by atoms with van der Waals surface area (Å²) in [5, 5.41) is 3.37. The van der Waals surface area contributed by atoms with Crippen molar-refractivity contribution in [3.8, 4) is 0 Å². The van der Waals surface area contributed by atoms with Crippen molar-refractivity contribution >= 4 is 32.9 Å². The van der Waals surface area contributed by atoms with Crippen molar-refractivity contribution in [2.45, 2.75) is 4.90 Å². The Labute approximate surface area is 126 Å². The van der Waals surface area contributed by atoms with Crippen LogP contribution in [0.2, 0.25) is 0 Å². The minimum absolute atomic E-state index is 0.134. The Kier molecular flexibility index (Phi) is 4.54. The lowest BCUT2D eigenvalue weighted by atomic mass is 10.1. The van der Waals surface area contributed by atoms with Gasteiger partial charge >= 0.3 is 5.97 Å². The van der Waals surface area contributed by atoms with Crippen molar-refractivity contribution < 1.29 is 22.7 Å². The van der Waals surface area contributed by atoms with Gasteiger partial charge in [0.1, 0.15) is 0 Å².